The van der Waals surface area contributed by atoms with E-state index in [9.17, 15) is 0 Å². The molecule has 0 aromatic heterocycles. The minimum atomic E-state index is 0.858. The Morgan fingerprint density at radius 3 is 2.68 bits per heavy atom. The van der Waals surface area contributed by atoms with Gasteiger partial charge in [0.15, 0.2) is 0 Å². The van der Waals surface area contributed by atoms with Crippen LogP contribution >= 0.6 is 11.8 Å². The van der Waals surface area contributed by atoms with Crippen molar-refractivity contribution in [3.05, 3.63) is 24.3 Å². The van der Waals surface area contributed by atoms with Gasteiger partial charge < -0.3 is 10.6 Å². The molecule has 2 N–H and O–H groups in total. The van der Waals surface area contributed by atoms with E-state index in [0.29, 0.717) is 0 Å². The van der Waals surface area contributed by atoms with Gasteiger partial charge in [0, 0.05) is 37.6 Å². The quantitative estimate of drug-likeness (QED) is 0.641. The van der Waals surface area contributed by atoms with Crippen molar-refractivity contribution in [1.29, 1.82) is 0 Å². The number of thioether (sulfide) groups is 1. The zero-order valence-corrected chi connectivity index (χ0v) is 12.7. The lowest BCUT2D eigenvalue weighted by atomic mass is 10.2. The Hall–Kier alpha value is -0.870. The Bertz CT molecular complexity index is 375. The Balaban J connectivity index is 1.73. The summed E-state index contributed by atoms with van der Waals surface area (Å²) in [7, 11) is 0. The molecule has 106 valence electrons. The SMILES string of the molecule is CCSCCCN1CCN(c2cccc(N)c2)CC1. The van der Waals surface area contributed by atoms with Crippen molar-refractivity contribution in [1.82, 2.24) is 4.90 Å². The number of rotatable bonds is 6. The van der Waals surface area contributed by atoms with Gasteiger partial charge in [-0.25, -0.2) is 0 Å². The van der Waals surface area contributed by atoms with Crippen LogP contribution < -0.4 is 10.6 Å². The van der Waals surface area contributed by atoms with E-state index in [-0.39, 0.29) is 0 Å². The van der Waals surface area contributed by atoms with E-state index in [4.69, 9.17) is 5.73 Å². The molecule has 0 amide bonds. The molecule has 0 radical (unpaired) electrons. The molecular formula is C15H25N3S. The van der Waals surface area contributed by atoms with Crippen LogP contribution in [0.2, 0.25) is 0 Å². The highest BCUT2D eigenvalue weighted by molar-refractivity contribution is 7.99. The molecule has 0 saturated carbocycles. The van der Waals surface area contributed by atoms with Crippen LogP contribution in [-0.2, 0) is 0 Å². The third-order valence-corrected chi connectivity index (χ3v) is 4.56. The molecule has 0 bridgehead atoms. The summed E-state index contributed by atoms with van der Waals surface area (Å²) >= 11 is 2.04. The smallest absolute Gasteiger partial charge is 0.0387 e. The fraction of sp³-hybridized carbons (Fsp3) is 0.600. The van der Waals surface area contributed by atoms with Crippen LogP contribution in [0.3, 0.4) is 0 Å². The number of hydrogen-bond acceptors (Lipinski definition) is 4. The molecule has 1 aromatic carbocycles. The highest BCUT2D eigenvalue weighted by Gasteiger charge is 2.16. The maximum absolute atomic E-state index is 5.85. The molecule has 1 fully saturated rings. The van der Waals surface area contributed by atoms with Crippen molar-refractivity contribution in [2.24, 2.45) is 0 Å². The van der Waals surface area contributed by atoms with E-state index in [2.05, 4.69) is 28.9 Å². The fourth-order valence-corrected chi connectivity index (χ4v) is 3.11. The van der Waals surface area contributed by atoms with Crippen LogP contribution in [0.5, 0.6) is 0 Å². The van der Waals surface area contributed by atoms with Crippen LogP contribution in [0.25, 0.3) is 0 Å². The molecular weight excluding hydrogens is 254 g/mol. The van der Waals surface area contributed by atoms with Gasteiger partial charge in [0.2, 0.25) is 0 Å². The van der Waals surface area contributed by atoms with Crippen molar-refractivity contribution in [2.75, 3.05) is 54.9 Å². The zero-order chi connectivity index (χ0) is 13.5. The fourth-order valence-electron chi connectivity index (χ4n) is 2.49. The first kappa shape index (κ1) is 14.5. The van der Waals surface area contributed by atoms with Gasteiger partial charge in [0.05, 0.1) is 0 Å². The molecule has 1 heterocycles. The minimum absolute atomic E-state index is 0.858. The number of nitrogens with zero attached hydrogens (tertiary/aromatic N) is 2. The Morgan fingerprint density at radius 1 is 1.21 bits per heavy atom. The molecule has 4 heteroatoms. The Labute approximate surface area is 121 Å². The van der Waals surface area contributed by atoms with Crippen LogP contribution in [0.1, 0.15) is 13.3 Å². The molecule has 0 spiro atoms. The molecule has 2 rings (SSSR count). The second-order valence-corrected chi connectivity index (χ2v) is 6.37. The van der Waals surface area contributed by atoms with E-state index in [1.165, 1.54) is 43.2 Å². The monoisotopic (exact) mass is 279 g/mol. The van der Waals surface area contributed by atoms with E-state index in [0.717, 1.165) is 18.8 Å². The minimum Gasteiger partial charge on any atom is -0.399 e. The Kier molecular flexibility index (Phi) is 5.86. The second kappa shape index (κ2) is 7.65. The molecule has 19 heavy (non-hydrogen) atoms. The average Bonchev–Trinajstić information content (AvgIpc) is 2.44. The van der Waals surface area contributed by atoms with Gasteiger partial charge in [-0.05, 0) is 42.7 Å². The lowest BCUT2D eigenvalue weighted by Gasteiger charge is -2.36. The number of piperazine rings is 1. The van der Waals surface area contributed by atoms with Crippen LogP contribution in [-0.4, -0.2) is 49.1 Å². The third-order valence-electron chi connectivity index (χ3n) is 3.57. The molecule has 1 aliphatic heterocycles. The second-order valence-electron chi connectivity index (χ2n) is 4.97. The highest BCUT2D eigenvalue weighted by Crippen LogP contribution is 2.19. The van der Waals surface area contributed by atoms with E-state index in [1.807, 2.05) is 23.9 Å². The van der Waals surface area contributed by atoms with E-state index < -0.39 is 0 Å². The molecule has 1 aromatic rings. The summed E-state index contributed by atoms with van der Waals surface area (Å²) in [5, 5.41) is 0. The first-order valence-electron chi connectivity index (χ1n) is 7.20. The summed E-state index contributed by atoms with van der Waals surface area (Å²) in [6, 6.07) is 8.22. The molecule has 1 aliphatic rings. The molecule has 3 nitrogen and oxygen atoms in total. The lowest BCUT2D eigenvalue weighted by molar-refractivity contribution is 0.259. The summed E-state index contributed by atoms with van der Waals surface area (Å²) in [6.45, 7) is 8.05. The molecule has 0 unspecified atom stereocenters. The summed E-state index contributed by atoms with van der Waals surface area (Å²) in [4.78, 5) is 5.02. The third kappa shape index (κ3) is 4.62. The Morgan fingerprint density at radius 2 is 2.00 bits per heavy atom. The van der Waals surface area contributed by atoms with Crippen molar-refractivity contribution < 1.29 is 0 Å². The summed E-state index contributed by atoms with van der Waals surface area (Å²) < 4.78 is 0. The van der Waals surface area contributed by atoms with E-state index >= 15 is 0 Å². The van der Waals surface area contributed by atoms with Gasteiger partial charge in [0.1, 0.15) is 0 Å². The van der Waals surface area contributed by atoms with Gasteiger partial charge in [-0.1, -0.05) is 13.0 Å². The number of hydrogen-bond donors (Lipinski definition) is 1. The first-order chi connectivity index (χ1) is 9.29. The maximum atomic E-state index is 5.85. The largest absolute Gasteiger partial charge is 0.399 e. The van der Waals surface area contributed by atoms with Crippen LogP contribution in [0.4, 0.5) is 11.4 Å². The van der Waals surface area contributed by atoms with Gasteiger partial charge in [-0.15, -0.1) is 0 Å². The number of nitrogen functional groups attached to an aromatic ring is 1. The topological polar surface area (TPSA) is 32.5 Å². The summed E-state index contributed by atoms with van der Waals surface area (Å²) in [6.07, 6.45) is 1.32. The van der Waals surface area contributed by atoms with Gasteiger partial charge in [-0.3, -0.25) is 4.90 Å². The normalized spacial score (nSPS) is 16.8. The van der Waals surface area contributed by atoms with Crippen molar-refractivity contribution in [3.8, 4) is 0 Å². The summed E-state index contributed by atoms with van der Waals surface area (Å²) in [5.41, 5.74) is 7.97. The van der Waals surface area contributed by atoms with Gasteiger partial charge in [-0.2, -0.15) is 11.8 Å². The van der Waals surface area contributed by atoms with Gasteiger partial charge in [0.25, 0.3) is 0 Å². The molecule has 1 saturated heterocycles. The van der Waals surface area contributed by atoms with Crippen molar-refractivity contribution in [3.63, 3.8) is 0 Å². The number of anilines is 2. The van der Waals surface area contributed by atoms with Crippen molar-refractivity contribution >= 4 is 23.1 Å². The predicted octanol–water partition coefficient (Wildman–Crippen LogP) is 2.53. The standard InChI is InChI=1S/C15H25N3S/c1-2-19-12-4-7-17-8-10-18(11-9-17)15-6-3-5-14(16)13-15/h3,5-6,13H,2,4,7-12,16H2,1H3. The number of nitrogens with two attached hydrogens (primary N) is 1. The lowest BCUT2D eigenvalue weighted by Crippen LogP contribution is -2.46. The zero-order valence-electron chi connectivity index (χ0n) is 11.8. The predicted molar refractivity (Wildman–Crippen MR) is 87.1 cm³/mol. The summed E-state index contributed by atoms with van der Waals surface area (Å²) in [5.74, 6) is 2.54. The molecule has 0 atom stereocenters. The molecule has 0 aliphatic carbocycles. The van der Waals surface area contributed by atoms with Gasteiger partial charge >= 0.3 is 0 Å². The van der Waals surface area contributed by atoms with Crippen molar-refractivity contribution in [2.45, 2.75) is 13.3 Å². The first-order valence-corrected chi connectivity index (χ1v) is 8.35. The maximum Gasteiger partial charge on any atom is 0.0387 e. The highest BCUT2D eigenvalue weighted by atomic mass is 32.2. The number of benzene rings is 1. The van der Waals surface area contributed by atoms with Crippen LogP contribution in [0.15, 0.2) is 24.3 Å². The van der Waals surface area contributed by atoms with E-state index in [1.54, 1.807) is 0 Å². The van der Waals surface area contributed by atoms with Crippen LogP contribution in [0, 0.1) is 0 Å². The average molecular weight is 279 g/mol.